The van der Waals surface area contributed by atoms with E-state index in [1.807, 2.05) is 0 Å². The maximum atomic E-state index is 0. The first-order valence-corrected chi connectivity index (χ1v) is 0. The molecule has 7 heavy (non-hydrogen) atoms. The van der Waals surface area contributed by atoms with Gasteiger partial charge in [-0.05, 0) is 0 Å². The molecule has 0 aliphatic rings. The Kier molecular flexibility index (Phi) is 424. The van der Waals surface area contributed by atoms with Crippen molar-refractivity contribution in [2.24, 2.45) is 0 Å². The van der Waals surface area contributed by atoms with Gasteiger partial charge in [0.2, 0.25) is 0 Å². The molecule has 0 aromatic heterocycles. The molecule has 0 aliphatic heterocycles. The second-order valence-corrected chi connectivity index (χ2v) is 0. The van der Waals surface area contributed by atoms with Crippen molar-refractivity contribution in [1.82, 2.24) is 0 Å². The van der Waals surface area contributed by atoms with Crippen molar-refractivity contribution in [3.05, 3.63) is 0 Å². The van der Waals surface area contributed by atoms with Crippen LogP contribution in [0.25, 0.3) is 0 Å². The van der Waals surface area contributed by atoms with Crippen molar-refractivity contribution < 1.29 is 122 Å². The van der Waals surface area contributed by atoms with Crippen molar-refractivity contribution in [1.29, 1.82) is 0 Å². The molecule has 0 saturated carbocycles. The van der Waals surface area contributed by atoms with Gasteiger partial charge in [-0.15, -0.1) is 0 Å². The van der Waals surface area contributed by atoms with E-state index >= 15 is 0 Å². The van der Waals surface area contributed by atoms with Gasteiger partial charge in [-0.3, -0.25) is 0 Å². The minimum atomic E-state index is 0. The molecule has 7 heteroatoms. The summed E-state index contributed by atoms with van der Waals surface area (Å²) < 4.78 is 0. The van der Waals surface area contributed by atoms with Crippen molar-refractivity contribution in [2.45, 2.75) is 0 Å². The third-order valence-corrected chi connectivity index (χ3v) is 0. The van der Waals surface area contributed by atoms with Crippen molar-refractivity contribution in [3.63, 3.8) is 0 Å². The van der Waals surface area contributed by atoms with Gasteiger partial charge in [0.05, 0.1) is 0 Å². The van der Waals surface area contributed by atoms with Gasteiger partial charge in [-0.2, -0.15) is 0 Å². The normalized spacial score (nSPS) is 0. The van der Waals surface area contributed by atoms with Gasteiger partial charge < -0.3 is 0 Å². The molecule has 0 nitrogen and oxygen atoms in total. The summed E-state index contributed by atoms with van der Waals surface area (Å²) in [5, 5.41) is 0. The molecule has 0 atom stereocenters. The zero-order chi connectivity index (χ0) is 0. The summed E-state index contributed by atoms with van der Waals surface area (Å²) in [4.78, 5) is 0. The van der Waals surface area contributed by atoms with Crippen LogP contribution in [-0.2, 0) is 122 Å². The second-order valence-electron chi connectivity index (χ2n) is 0. The SMILES string of the molecule is [Ag].[AlH3].[Au].[Cu].[Ni].[Ti].[Ti]. The minimum absolute atomic E-state index is 0. The molecular formula is H3AgAlAuCuNiTi2. The number of hydrogen-bond acceptors (Lipinski definition) is 0. The molecule has 0 fully saturated rings. The molecule has 0 rings (SSSR count). The van der Waals surface area contributed by atoms with Gasteiger partial charge in [0, 0.05) is 122 Å². The fraction of sp³-hybridized carbons (Fsp3) is 0. The van der Waals surface area contributed by atoms with Crippen LogP contribution in [0.2, 0.25) is 0 Å². The van der Waals surface area contributed by atoms with Crippen LogP contribution in [0.15, 0.2) is 0 Å². The van der Waals surface area contributed by atoms with E-state index in [4.69, 9.17) is 0 Å². The summed E-state index contributed by atoms with van der Waals surface area (Å²) in [5.74, 6) is 0. The standard InChI is InChI=1S/Ag.Al.Au.Cu.Ni.2Ti.3H. The van der Waals surface area contributed by atoms with Gasteiger partial charge in [-0.25, -0.2) is 0 Å². The maximum Gasteiger partial charge on any atom is 0.187 e. The predicted molar refractivity (Wildman–Crippen MR) is 9.94 cm³/mol. The fourth-order valence-electron chi connectivity index (χ4n) is 0. The summed E-state index contributed by atoms with van der Waals surface area (Å²) in [7, 11) is 0. The maximum absolute atomic E-state index is 0. The number of rotatable bonds is 0. The summed E-state index contributed by atoms with van der Waals surface area (Å²) in [6.07, 6.45) is 0. The summed E-state index contributed by atoms with van der Waals surface area (Å²) in [5.41, 5.74) is 0. The third kappa shape index (κ3) is 37.7. The van der Waals surface area contributed by atoms with Crippen LogP contribution in [0.4, 0.5) is 0 Å². The first kappa shape index (κ1) is 63.1. The summed E-state index contributed by atoms with van der Waals surface area (Å²) >= 11 is 0. The van der Waals surface area contributed by atoms with E-state index in [2.05, 4.69) is 0 Å². The van der Waals surface area contributed by atoms with E-state index in [1.54, 1.807) is 0 Å². The van der Waals surface area contributed by atoms with E-state index in [-0.39, 0.29) is 139 Å². The van der Waals surface area contributed by atoms with Gasteiger partial charge in [0.25, 0.3) is 0 Å². The Balaban J connectivity index is 0. The van der Waals surface area contributed by atoms with Gasteiger partial charge in [0.1, 0.15) is 0 Å². The average Bonchev–Trinajstić information content (AvgIpc) is 0. The molecule has 0 saturated heterocycles. The van der Waals surface area contributed by atoms with Crippen LogP contribution in [0.3, 0.4) is 0 Å². The zero-order valence-corrected chi connectivity index (χ0v) is 10.9. The van der Waals surface area contributed by atoms with Crippen molar-refractivity contribution in [3.8, 4) is 0 Å². The Hall–Kier alpha value is 4.45. The molecule has 0 N–H and O–H groups in total. The quantitative estimate of drug-likeness (QED) is 0.332. The van der Waals surface area contributed by atoms with E-state index < -0.39 is 0 Å². The summed E-state index contributed by atoms with van der Waals surface area (Å²) in [6, 6.07) is 0. The smallest absolute Gasteiger partial charge is 0 e. The summed E-state index contributed by atoms with van der Waals surface area (Å²) in [6.45, 7) is 0. The van der Waals surface area contributed by atoms with Gasteiger partial charge in [0.15, 0.2) is 17.4 Å². The molecule has 0 spiro atoms. The largest absolute Gasteiger partial charge is 0.187 e. The molecule has 0 aromatic carbocycles. The topological polar surface area (TPSA) is 0 Å². The van der Waals surface area contributed by atoms with E-state index in [9.17, 15) is 0 Å². The predicted octanol–water partition coefficient (Wildman–Crippen LogP) is -1.20. The molecule has 0 amide bonds. The Labute approximate surface area is 136 Å². The monoisotopic (exact) mass is 551 g/mol. The van der Waals surface area contributed by atoms with Crippen molar-refractivity contribution >= 4 is 17.4 Å². The Morgan fingerprint density at radius 2 is 0.857 bits per heavy atom. The second kappa shape index (κ2) is 47.1. The fourth-order valence-corrected chi connectivity index (χ4v) is 0. The van der Waals surface area contributed by atoms with E-state index in [0.717, 1.165) is 0 Å². The Morgan fingerprint density at radius 3 is 0.857 bits per heavy atom. The number of hydrogen-bond donors (Lipinski definition) is 0. The Morgan fingerprint density at radius 1 is 0.857 bits per heavy atom. The molecule has 0 bridgehead atoms. The van der Waals surface area contributed by atoms with Crippen LogP contribution in [0.5, 0.6) is 0 Å². The van der Waals surface area contributed by atoms with E-state index in [1.165, 1.54) is 0 Å². The average molecular weight is 553 g/mol. The third-order valence-electron chi connectivity index (χ3n) is 0. The molecule has 57 valence electrons. The molecule has 0 heterocycles. The van der Waals surface area contributed by atoms with Gasteiger partial charge in [-0.1, -0.05) is 0 Å². The van der Waals surface area contributed by atoms with Gasteiger partial charge >= 0.3 is 0 Å². The first-order valence-electron chi connectivity index (χ1n) is 0. The first-order chi connectivity index (χ1) is 0. The van der Waals surface area contributed by atoms with Crippen LogP contribution >= 0.6 is 0 Å². The Bertz CT molecular complexity index is 17.7. The molecular weight excluding hydrogens is 550 g/mol. The van der Waals surface area contributed by atoms with Crippen LogP contribution in [-0.4, -0.2) is 17.4 Å². The van der Waals surface area contributed by atoms with Crippen molar-refractivity contribution in [2.75, 3.05) is 0 Å². The van der Waals surface area contributed by atoms with E-state index in [0.29, 0.717) is 0 Å². The minimum Gasteiger partial charge on any atom is 0 e. The molecule has 0 aliphatic carbocycles. The van der Waals surface area contributed by atoms with Crippen LogP contribution in [0, 0.1) is 0 Å². The van der Waals surface area contributed by atoms with Crippen LogP contribution < -0.4 is 0 Å². The zero-order valence-electron chi connectivity index (χ0n) is 2.22. The molecule has 3 radical (unpaired) electrons. The molecule has 0 aromatic rings. The van der Waals surface area contributed by atoms with Crippen LogP contribution in [0.1, 0.15) is 0 Å². The molecule has 0 unspecified atom stereocenters.